The first-order chi connectivity index (χ1) is 11.6. The number of hydrogen-bond donors (Lipinski definition) is 1. The molecule has 1 aromatic carbocycles. The Labute approximate surface area is 138 Å². The molecular weight excluding hydrogens is 312 g/mol. The number of aromatic nitrogens is 1. The second kappa shape index (κ2) is 6.67. The molecule has 1 fully saturated rings. The number of methoxy groups -OCH3 is 1. The van der Waals surface area contributed by atoms with Gasteiger partial charge in [0.1, 0.15) is 18.2 Å². The number of nitrogens with zero attached hydrogens (tertiary/aromatic N) is 2. The zero-order valence-corrected chi connectivity index (χ0v) is 13.0. The van der Waals surface area contributed by atoms with E-state index in [1.165, 1.54) is 24.1 Å². The Morgan fingerprint density at radius 2 is 1.96 bits per heavy atom. The molecule has 1 N–H and O–H groups in total. The zero-order chi connectivity index (χ0) is 17.1. The van der Waals surface area contributed by atoms with Crippen molar-refractivity contribution in [2.45, 2.75) is 6.04 Å². The summed E-state index contributed by atoms with van der Waals surface area (Å²) in [5.74, 6) is -1.36. The molecule has 3 rings (SSSR count). The Morgan fingerprint density at radius 1 is 1.25 bits per heavy atom. The Kier molecular flexibility index (Phi) is 4.43. The first-order valence-corrected chi connectivity index (χ1v) is 7.33. The summed E-state index contributed by atoms with van der Waals surface area (Å²) in [6.45, 7) is 0.505. The van der Waals surface area contributed by atoms with Crippen LogP contribution in [0.5, 0.6) is 5.75 Å². The summed E-state index contributed by atoms with van der Waals surface area (Å²) >= 11 is 0. The Balaban J connectivity index is 1.93. The maximum absolute atomic E-state index is 12.8. The zero-order valence-electron chi connectivity index (χ0n) is 13.0. The summed E-state index contributed by atoms with van der Waals surface area (Å²) in [6, 6.07) is 12.0. The summed E-state index contributed by atoms with van der Waals surface area (Å²) in [4.78, 5) is 29.4. The minimum Gasteiger partial charge on any atom is -0.497 e. The highest BCUT2D eigenvalue weighted by Crippen LogP contribution is 2.28. The lowest BCUT2D eigenvalue weighted by atomic mass is 10.1. The quantitative estimate of drug-likeness (QED) is 0.923. The van der Waals surface area contributed by atoms with Crippen molar-refractivity contribution in [1.82, 2.24) is 9.88 Å². The Hall–Kier alpha value is -2.93. The molecule has 0 unspecified atom stereocenters. The van der Waals surface area contributed by atoms with Gasteiger partial charge in [-0.1, -0.05) is 30.3 Å². The van der Waals surface area contributed by atoms with Gasteiger partial charge in [0.05, 0.1) is 19.8 Å². The molecule has 0 radical (unpaired) electrons. The van der Waals surface area contributed by atoms with Gasteiger partial charge in [-0.3, -0.25) is 4.79 Å². The van der Waals surface area contributed by atoms with Crippen LogP contribution in [0, 0.1) is 0 Å². The molecule has 2 aromatic rings. The molecule has 0 saturated carbocycles. The first-order valence-electron chi connectivity index (χ1n) is 7.33. The van der Waals surface area contributed by atoms with Gasteiger partial charge in [0.25, 0.3) is 5.91 Å². The van der Waals surface area contributed by atoms with Crippen molar-refractivity contribution < 1.29 is 24.2 Å². The van der Waals surface area contributed by atoms with Crippen LogP contribution < -0.4 is 4.74 Å². The predicted octanol–water partition coefficient (Wildman–Crippen LogP) is 1.96. The number of carbonyl (C=O) groups excluding carboxylic acids is 1. The smallest absolute Gasteiger partial charge is 0.354 e. The lowest BCUT2D eigenvalue weighted by Crippen LogP contribution is -2.32. The topological polar surface area (TPSA) is 89.0 Å². The molecule has 124 valence electrons. The average Bonchev–Trinajstić information content (AvgIpc) is 3.11. The van der Waals surface area contributed by atoms with Crippen molar-refractivity contribution >= 4 is 11.9 Å². The van der Waals surface area contributed by atoms with Crippen molar-refractivity contribution in [2.24, 2.45) is 0 Å². The minimum atomic E-state index is -1.22. The van der Waals surface area contributed by atoms with Gasteiger partial charge < -0.3 is 19.5 Å². The van der Waals surface area contributed by atoms with Crippen molar-refractivity contribution in [1.29, 1.82) is 0 Å². The second-order valence-corrected chi connectivity index (χ2v) is 5.28. The lowest BCUT2D eigenvalue weighted by molar-refractivity contribution is 0.0651. The van der Waals surface area contributed by atoms with Gasteiger partial charge in [-0.15, -0.1) is 0 Å². The minimum absolute atomic E-state index is 0.0122. The van der Waals surface area contributed by atoms with Crippen LogP contribution in [0.2, 0.25) is 0 Å². The fraction of sp³-hybridized carbons (Fsp3) is 0.235. The highest BCUT2D eigenvalue weighted by molar-refractivity contribution is 5.95. The normalized spacial score (nSPS) is 16.9. The molecule has 0 aliphatic carbocycles. The van der Waals surface area contributed by atoms with Crippen molar-refractivity contribution in [2.75, 3.05) is 20.4 Å². The summed E-state index contributed by atoms with van der Waals surface area (Å²) in [7, 11) is 1.40. The van der Waals surface area contributed by atoms with Crippen LogP contribution in [0.25, 0.3) is 0 Å². The molecule has 0 bridgehead atoms. The maximum Gasteiger partial charge on any atom is 0.354 e. The van der Waals surface area contributed by atoms with E-state index in [4.69, 9.17) is 14.6 Å². The highest BCUT2D eigenvalue weighted by atomic mass is 16.5. The number of amides is 1. The number of hydrogen-bond acceptors (Lipinski definition) is 5. The molecule has 0 spiro atoms. The standard InChI is InChI=1S/C17H16N2O5/c1-23-12-7-13(18-14(8-12)17(21)22)16(20)19-10-24-9-15(19)11-5-3-2-4-6-11/h2-8,15H,9-10H2,1H3,(H,21,22)/t15-/m1/s1. The third-order valence-electron chi connectivity index (χ3n) is 3.80. The van der Waals surface area contributed by atoms with Gasteiger partial charge >= 0.3 is 5.97 Å². The summed E-state index contributed by atoms with van der Waals surface area (Å²) in [5, 5.41) is 9.14. The lowest BCUT2D eigenvalue weighted by Gasteiger charge is -2.22. The first kappa shape index (κ1) is 15.9. The van der Waals surface area contributed by atoms with E-state index in [0.717, 1.165) is 5.56 Å². The van der Waals surface area contributed by atoms with E-state index in [2.05, 4.69) is 4.98 Å². The summed E-state index contributed by atoms with van der Waals surface area (Å²) in [5.41, 5.74) is 0.719. The van der Waals surface area contributed by atoms with Gasteiger partial charge in [0.15, 0.2) is 5.69 Å². The molecule has 7 heteroatoms. The molecule has 1 amide bonds. The van der Waals surface area contributed by atoms with Gasteiger partial charge in [-0.2, -0.15) is 0 Å². The van der Waals surface area contributed by atoms with Crippen LogP contribution in [0.4, 0.5) is 0 Å². The third kappa shape index (κ3) is 3.07. The fourth-order valence-electron chi connectivity index (χ4n) is 2.58. The molecule has 7 nitrogen and oxygen atoms in total. The van der Waals surface area contributed by atoms with Crippen LogP contribution in [0.15, 0.2) is 42.5 Å². The number of aromatic carboxylic acids is 1. The monoisotopic (exact) mass is 328 g/mol. The number of ether oxygens (including phenoxy) is 2. The van der Waals surface area contributed by atoms with E-state index in [1.807, 2.05) is 30.3 Å². The van der Waals surface area contributed by atoms with Crippen LogP contribution in [0.3, 0.4) is 0 Å². The SMILES string of the molecule is COc1cc(C(=O)O)nc(C(=O)N2COC[C@@H]2c2ccccc2)c1. The van der Waals surface area contributed by atoms with Crippen molar-refractivity contribution in [3.05, 3.63) is 59.4 Å². The predicted molar refractivity (Wildman–Crippen MR) is 83.9 cm³/mol. The van der Waals surface area contributed by atoms with Gasteiger partial charge in [0, 0.05) is 12.1 Å². The van der Waals surface area contributed by atoms with E-state index in [9.17, 15) is 9.59 Å². The highest BCUT2D eigenvalue weighted by Gasteiger charge is 2.32. The molecule has 1 aliphatic heterocycles. The number of carboxylic acid groups (broad SMARTS) is 1. The van der Waals surface area contributed by atoms with Crippen LogP contribution in [-0.2, 0) is 4.74 Å². The van der Waals surface area contributed by atoms with E-state index in [-0.39, 0.29) is 29.9 Å². The van der Waals surface area contributed by atoms with Crippen LogP contribution in [-0.4, -0.2) is 47.3 Å². The maximum atomic E-state index is 12.8. The summed E-state index contributed by atoms with van der Waals surface area (Å²) < 4.78 is 10.5. The van der Waals surface area contributed by atoms with Crippen LogP contribution >= 0.6 is 0 Å². The van der Waals surface area contributed by atoms with Gasteiger partial charge in [-0.05, 0) is 5.56 Å². The van der Waals surface area contributed by atoms with Crippen molar-refractivity contribution in [3.8, 4) is 5.75 Å². The number of carbonyl (C=O) groups is 2. The van der Waals surface area contributed by atoms with Crippen molar-refractivity contribution in [3.63, 3.8) is 0 Å². The van der Waals surface area contributed by atoms with E-state index >= 15 is 0 Å². The molecule has 2 heterocycles. The Bertz CT molecular complexity index is 763. The largest absolute Gasteiger partial charge is 0.497 e. The van der Waals surface area contributed by atoms with E-state index < -0.39 is 11.9 Å². The molecular formula is C17H16N2O5. The third-order valence-corrected chi connectivity index (χ3v) is 3.80. The number of benzene rings is 1. The summed E-state index contributed by atoms with van der Waals surface area (Å²) in [6.07, 6.45) is 0. The van der Waals surface area contributed by atoms with Crippen LogP contribution in [0.1, 0.15) is 32.6 Å². The molecule has 1 saturated heterocycles. The van der Waals surface area contributed by atoms with E-state index in [1.54, 1.807) is 0 Å². The number of pyridine rings is 1. The molecule has 1 aliphatic rings. The second-order valence-electron chi connectivity index (χ2n) is 5.28. The molecule has 1 aromatic heterocycles. The number of carboxylic acids is 1. The van der Waals surface area contributed by atoms with Gasteiger partial charge in [0.2, 0.25) is 0 Å². The van der Waals surface area contributed by atoms with Gasteiger partial charge in [-0.25, -0.2) is 9.78 Å². The average molecular weight is 328 g/mol. The molecule has 24 heavy (non-hydrogen) atoms. The number of rotatable bonds is 4. The molecule has 1 atom stereocenters. The Morgan fingerprint density at radius 3 is 2.62 bits per heavy atom. The van der Waals surface area contributed by atoms with E-state index in [0.29, 0.717) is 6.61 Å². The fourth-order valence-corrected chi connectivity index (χ4v) is 2.58.